The van der Waals surface area contributed by atoms with Crippen molar-refractivity contribution in [1.82, 2.24) is 0 Å². The summed E-state index contributed by atoms with van der Waals surface area (Å²) >= 11 is 1.78. The minimum absolute atomic E-state index is 0.215. The van der Waals surface area contributed by atoms with Gasteiger partial charge in [-0.25, -0.2) is 0 Å². The maximum Gasteiger partial charge on any atom is 0.101 e. The zero-order valence-electron chi connectivity index (χ0n) is 9.91. The van der Waals surface area contributed by atoms with Crippen LogP contribution in [0.2, 0.25) is 0 Å². The van der Waals surface area contributed by atoms with Gasteiger partial charge in [0.25, 0.3) is 0 Å². The van der Waals surface area contributed by atoms with Crippen LogP contribution in [-0.4, -0.2) is 6.17 Å². The first-order valence-electron chi connectivity index (χ1n) is 5.84. The molecule has 0 fully saturated rings. The van der Waals surface area contributed by atoms with Gasteiger partial charge in [-0.3, -0.25) is 0 Å². The third-order valence-corrected chi connectivity index (χ3v) is 4.14. The second kappa shape index (κ2) is 4.52. The number of para-hydroxylation sites is 2. The molecule has 0 amide bonds. The average Bonchev–Trinajstić information content (AvgIpc) is 2.44. The van der Waals surface area contributed by atoms with Gasteiger partial charge in [0.1, 0.15) is 6.17 Å². The van der Waals surface area contributed by atoms with Gasteiger partial charge in [0.05, 0.1) is 11.4 Å². The Morgan fingerprint density at radius 3 is 2.00 bits per heavy atom. The van der Waals surface area contributed by atoms with Gasteiger partial charge >= 0.3 is 0 Å². The van der Waals surface area contributed by atoms with Crippen LogP contribution in [0.15, 0.2) is 71.0 Å². The summed E-state index contributed by atoms with van der Waals surface area (Å²) in [5.41, 5.74) is 8.47. The van der Waals surface area contributed by atoms with E-state index in [1.54, 1.807) is 17.8 Å². The molecule has 90 valence electrons. The van der Waals surface area contributed by atoms with E-state index in [-0.39, 0.29) is 6.17 Å². The summed E-state index contributed by atoms with van der Waals surface area (Å²) in [4.78, 5) is 4.59. The molecule has 3 heteroatoms. The summed E-state index contributed by atoms with van der Waals surface area (Å²) in [7, 11) is 0. The summed E-state index contributed by atoms with van der Waals surface area (Å²) < 4.78 is 0. The topological polar surface area (TPSA) is 29.3 Å². The lowest BCUT2D eigenvalue weighted by Gasteiger charge is -2.35. The van der Waals surface area contributed by atoms with E-state index in [1.807, 2.05) is 12.1 Å². The molecule has 2 aromatic carbocycles. The number of rotatable bonds is 2. The summed E-state index contributed by atoms with van der Waals surface area (Å²) in [5.74, 6) is 0. The van der Waals surface area contributed by atoms with Crippen molar-refractivity contribution >= 4 is 23.1 Å². The molecule has 0 aromatic heterocycles. The Morgan fingerprint density at radius 2 is 1.50 bits per heavy atom. The van der Waals surface area contributed by atoms with Crippen LogP contribution in [0.5, 0.6) is 0 Å². The summed E-state index contributed by atoms with van der Waals surface area (Å²) in [6, 6.07) is 16.6. The number of fused-ring (bicyclic) bond motifs is 2. The molecule has 1 aliphatic rings. The van der Waals surface area contributed by atoms with E-state index >= 15 is 0 Å². The van der Waals surface area contributed by atoms with Gasteiger partial charge in [-0.1, -0.05) is 48.7 Å². The van der Waals surface area contributed by atoms with Crippen LogP contribution in [0.25, 0.3) is 0 Å². The SMILES string of the molecule is C=CC(N)N1c2ccccc2Sc2ccccc21. The Morgan fingerprint density at radius 1 is 1.00 bits per heavy atom. The molecule has 0 radical (unpaired) electrons. The Kier molecular flexibility index (Phi) is 2.86. The largest absolute Gasteiger partial charge is 0.320 e. The van der Waals surface area contributed by atoms with E-state index in [2.05, 4.69) is 47.9 Å². The Bertz CT molecular complexity index is 549. The molecule has 0 saturated heterocycles. The molecule has 2 N–H and O–H groups in total. The van der Waals surface area contributed by atoms with Crippen molar-refractivity contribution in [3.05, 3.63) is 61.2 Å². The standard InChI is InChI=1S/C15H14N2S/c1-2-15(16)17-11-7-3-5-9-13(11)18-14-10-6-4-8-12(14)17/h2-10,15H,1,16H2. The van der Waals surface area contributed by atoms with Gasteiger partial charge in [-0.05, 0) is 24.3 Å². The van der Waals surface area contributed by atoms with Crippen molar-refractivity contribution in [1.29, 1.82) is 0 Å². The first kappa shape index (κ1) is 11.4. The van der Waals surface area contributed by atoms with Crippen LogP contribution in [0, 0.1) is 0 Å². The monoisotopic (exact) mass is 254 g/mol. The summed E-state index contributed by atoms with van der Waals surface area (Å²) in [6.07, 6.45) is 1.55. The van der Waals surface area contributed by atoms with Crippen LogP contribution in [0.4, 0.5) is 11.4 Å². The Hall–Kier alpha value is -1.71. The van der Waals surface area contributed by atoms with E-state index in [0.717, 1.165) is 11.4 Å². The van der Waals surface area contributed by atoms with E-state index in [1.165, 1.54) is 9.79 Å². The van der Waals surface area contributed by atoms with Crippen LogP contribution in [0.1, 0.15) is 0 Å². The van der Waals surface area contributed by atoms with Crippen LogP contribution in [0.3, 0.4) is 0 Å². The van der Waals surface area contributed by atoms with Crippen molar-refractivity contribution in [2.75, 3.05) is 4.90 Å². The van der Waals surface area contributed by atoms with Crippen molar-refractivity contribution in [2.45, 2.75) is 16.0 Å². The van der Waals surface area contributed by atoms with Crippen LogP contribution < -0.4 is 10.6 Å². The van der Waals surface area contributed by atoms with E-state index in [4.69, 9.17) is 5.73 Å². The number of nitrogens with zero attached hydrogens (tertiary/aromatic N) is 1. The third-order valence-electron chi connectivity index (χ3n) is 3.01. The Balaban J connectivity index is 2.20. The van der Waals surface area contributed by atoms with Gasteiger partial charge in [0.15, 0.2) is 0 Å². The second-order valence-electron chi connectivity index (χ2n) is 4.13. The highest BCUT2D eigenvalue weighted by Gasteiger charge is 2.25. The molecular weight excluding hydrogens is 240 g/mol. The molecule has 1 unspecified atom stereocenters. The van der Waals surface area contributed by atoms with E-state index in [0.29, 0.717) is 0 Å². The molecule has 1 atom stereocenters. The van der Waals surface area contributed by atoms with Gasteiger partial charge in [-0.15, -0.1) is 0 Å². The molecule has 0 saturated carbocycles. The molecule has 1 heterocycles. The van der Waals surface area contributed by atoms with Crippen molar-refractivity contribution < 1.29 is 0 Å². The number of nitrogens with two attached hydrogens (primary N) is 1. The molecule has 18 heavy (non-hydrogen) atoms. The molecule has 0 aliphatic carbocycles. The van der Waals surface area contributed by atoms with Crippen molar-refractivity contribution in [3.8, 4) is 0 Å². The fraction of sp³-hybridized carbons (Fsp3) is 0.0667. The summed E-state index contributed by atoms with van der Waals surface area (Å²) in [6.45, 7) is 3.81. The van der Waals surface area contributed by atoms with E-state index < -0.39 is 0 Å². The second-order valence-corrected chi connectivity index (χ2v) is 5.22. The highest BCUT2D eigenvalue weighted by atomic mass is 32.2. The molecular formula is C15H14N2S. The maximum absolute atomic E-state index is 6.18. The quantitative estimate of drug-likeness (QED) is 0.827. The molecule has 2 aromatic rings. The zero-order valence-corrected chi connectivity index (χ0v) is 10.7. The van der Waals surface area contributed by atoms with Gasteiger partial charge in [0.2, 0.25) is 0 Å². The number of hydrogen-bond donors (Lipinski definition) is 1. The number of hydrogen-bond acceptors (Lipinski definition) is 3. The molecule has 0 bridgehead atoms. The van der Waals surface area contributed by atoms with Gasteiger partial charge in [-0.2, -0.15) is 0 Å². The lowest BCUT2D eigenvalue weighted by molar-refractivity contribution is 0.807. The predicted octanol–water partition coefficient (Wildman–Crippen LogP) is 3.76. The highest BCUT2D eigenvalue weighted by molar-refractivity contribution is 7.99. The van der Waals surface area contributed by atoms with Crippen LogP contribution in [-0.2, 0) is 0 Å². The van der Waals surface area contributed by atoms with Crippen LogP contribution >= 0.6 is 11.8 Å². The maximum atomic E-state index is 6.18. The highest BCUT2D eigenvalue weighted by Crippen LogP contribution is 2.48. The number of anilines is 2. The fourth-order valence-electron chi connectivity index (χ4n) is 2.16. The summed E-state index contributed by atoms with van der Waals surface area (Å²) in [5, 5.41) is 0. The van der Waals surface area contributed by atoms with Gasteiger partial charge in [0, 0.05) is 9.79 Å². The van der Waals surface area contributed by atoms with Crippen molar-refractivity contribution in [3.63, 3.8) is 0 Å². The first-order chi connectivity index (χ1) is 8.81. The Labute approximate surface area is 111 Å². The fourth-order valence-corrected chi connectivity index (χ4v) is 3.23. The average molecular weight is 254 g/mol. The lowest BCUT2D eigenvalue weighted by atomic mass is 10.2. The molecule has 2 nitrogen and oxygen atoms in total. The molecule has 3 rings (SSSR count). The molecule has 1 aliphatic heterocycles. The third kappa shape index (κ3) is 1.72. The number of benzene rings is 2. The minimum atomic E-state index is -0.215. The van der Waals surface area contributed by atoms with E-state index in [9.17, 15) is 0 Å². The lowest BCUT2D eigenvalue weighted by Crippen LogP contribution is -2.38. The minimum Gasteiger partial charge on any atom is -0.320 e. The first-order valence-corrected chi connectivity index (χ1v) is 6.66. The smallest absolute Gasteiger partial charge is 0.101 e. The van der Waals surface area contributed by atoms with Crippen molar-refractivity contribution in [2.24, 2.45) is 5.73 Å². The zero-order chi connectivity index (χ0) is 12.5. The van der Waals surface area contributed by atoms with Gasteiger partial charge < -0.3 is 10.6 Å². The molecule has 0 spiro atoms. The normalized spacial score (nSPS) is 14.6. The predicted molar refractivity (Wildman–Crippen MR) is 77.3 cm³/mol.